The normalized spacial score (nSPS) is 11.8. The van der Waals surface area contributed by atoms with Crippen LogP contribution in [0.4, 0.5) is 0 Å². The van der Waals surface area contributed by atoms with Crippen LogP contribution in [-0.4, -0.2) is 39.0 Å². The van der Waals surface area contributed by atoms with Crippen molar-refractivity contribution >= 4 is 5.97 Å². The molecule has 0 aliphatic rings. The predicted octanol–water partition coefficient (Wildman–Crippen LogP) is 3.40. The van der Waals surface area contributed by atoms with E-state index in [4.69, 9.17) is 18.9 Å². The molecule has 0 N–H and O–H groups in total. The van der Waals surface area contributed by atoms with E-state index in [1.165, 1.54) is 7.11 Å². The maximum Gasteiger partial charge on any atom is 0.335 e. The molecule has 5 nitrogen and oxygen atoms in total. The van der Waals surface area contributed by atoms with E-state index in [9.17, 15) is 4.79 Å². The smallest absolute Gasteiger partial charge is 0.335 e. The fraction of sp³-hybridized carbons (Fsp3) is 0.381. The number of hydrogen-bond acceptors (Lipinski definition) is 5. The summed E-state index contributed by atoms with van der Waals surface area (Å²) in [6, 6.07) is 17.6. The minimum absolute atomic E-state index is 0.359. The number of hydrogen-bond donors (Lipinski definition) is 0. The van der Waals surface area contributed by atoms with Crippen molar-refractivity contribution in [1.82, 2.24) is 0 Å². The Morgan fingerprint density at radius 1 is 0.962 bits per heavy atom. The van der Waals surface area contributed by atoms with E-state index in [2.05, 4.69) is 0 Å². The van der Waals surface area contributed by atoms with Gasteiger partial charge in [0.15, 0.2) is 6.10 Å². The van der Waals surface area contributed by atoms with Gasteiger partial charge in [0.05, 0.1) is 20.3 Å². The van der Waals surface area contributed by atoms with E-state index < -0.39 is 6.10 Å². The van der Waals surface area contributed by atoms with Gasteiger partial charge in [-0.25, -0.2) is 4.79 Å². The number of rotatable bonds is 11. The average Bonchev–Trinajstić information content (AvgIpc) is 2.69. The molecule has 0 amide bonds. The Balaban J connectivity index is 1.72. The summed E-state index contributed by atoms with van der Waals surface area (Å²) in [5.74, 6) is 0.408. The van der Waals surface area contributed by atoms with Gasteiger partial charge in [0.1, 0.15) is 12.4 Å². The summed E-state index contributed by atoms with van der Waals surface area (Å²) in [5.41, 5.74) is 2.13. The van der Waals surface area contributed by atoms with Crippen LogP contribution >= 0.6 is 0 Å². The van der Waals surface area contributed by atoms with E-state index in [0.29, 0.717) is 32.8 Å². The van der Waals surface area contributed by atoms with E-state index in [1.807, 2.05) is 61.5 Å². The van der Waals surface area contributed by atoms with Crippen molar-refractivity contribution in [1.29, 1.82) is 0 Å². The Bertz CT molecular complexity index is 639. The summed E-state index contributed by atoms with van der Waals surface area (Å²) in [4.78, 5) is 11.7. The lowest BCUT2D eigenvalue weighted by molar-refractivity contribution is -0.153. The summed E-state index contributed by atoms with van der Waals surface area (Å²) >= 11 is 0. The Kier molecular flexibility index (Phi) is 8.66. The van der Waals surface area contributed by atoms with Gasteiger partial charge in [-0.15, -0.1) is 0 Å². The highest BCUT2D eigenvalue weighted by Crippen LogP contribution is 2.15. The maximum absolute atomic E-state index is 11.7. The van der Waals surface area contributed by atoms with Crippen molar-refractivity contribution < 1.29 is 23.7 Å². The number of methoxy groups -OCH3 is 1. The second kappa shape index (κ2) is 11.3. The molecule has 0 radical (unpaired) electrons. The SMILES string of the molecule is CCO[C@H](Cc1ccc(OCCOCc2ccccc2)cc1)C(=O)OC. The Hall–Kier alpha value is -2.37. The predicted molar refractivity (Wildman–Crippen MR) is 99.2 cm³/mol. The molecular formula is C21H26O5. The first-order valence-electron chi connectivity index (χ1n) is 8.75. The molecule has 0 saturated heterocycles. The topological polar surface area (TPSA) is 54.0 Å². The third kappa shape index (κ3) is 6.86. The standard InChI is InChI=1S/C21H26O5/c1-3-25-20(21(22)23-2)15-17-9-11-19(12-10-17)26-14-13-24-16-18-7-5-4-6-8-18/h4-12,20H,3,13-16H2,1-2H3/t20-/m1/s1. The van der Waals surface area contributed by atoms with Gasteiger partial charge >= 0.3 is 5.97 Å². The molecule has 0 spiro atoms. The average molecular weight is 358 g/mol. The summed E-state index contributed by atoms with van der Waals surface area (Å²) in [7, 11) is 1.37. The first-order chi connectivity index (χ1) is 12.7. The van der Waals surface area contributed by atoms with E-state index in [-0.39, 0.29) is 5.97 Å². The van der Waals surface area contributed by atoms with Gasteiger partial charge in [-0.1, -0.05) is 42.5 Å². The van der Waals surface area contributed by atoms with Gasteiger partial charge in [0.25, 0.3) is 0 Å². The van der Waals surface area contributed by atoms with Crippen molar-refractivity contribution in [2.24, 2.45) is 0 Å². The molecule has 0 bridgehead atoms. The molecule has 0 aliphatic heterocycles. The molecule has 2 aromatic rings. The minimum atomic E-state index is -0.580. The van der Waals surface area contributed by atoms with Crippen molar-refractivity contribution in [2.75, 3.05) is 26.9 Å². The van der Waals surface area contributed by atoms with Crippen LogP contribution in [0.25, 0.3) is 0 Å². The van der Waals surface area contributed by atoms with Crippen LogP contribution in [0.5, 0.6) is 5.75 Å². The molecule has 2 rings (SSSR count). The zero-order chi connectivity index (χ0) is 18.6. The van der Waals surface area contributed by atoms with Gasteiger partial charge < -0.3 is 18.9 Å². The molecule has 5 heteroatoms. The highest BCUT2D eigenvalue weighted by atomic mass is 16.6. The largest absolute Gasteiger partial charge is 0.491 e. The van der Waals surface area contributed by atoms with Crippen molar-refractivity contribution in [3.8, 4) is 5.75 Å². The van der Waals surface area contributed by atoms with Crippen LogP contribution in [0.1, 0.15) is 18.1 Å². The fourth-order valence-corrected chi connectivity index (χ4v) is 2.46. The molecule has 0 saturated carbocycles. The summed E-state index contributed by atoms with van der Waals surface area (Å²) < 4.78 is 21.5. The number of ether oxygens (including phenoxy) is 4. The number of carbonyl (C=O) groups is 1. The molecule has 26 heavy (non-hydrogen) atoms. The highest BCUT2D eigenvalue weighted by molar-refractivity contribution is 5.74. The van der Waals surface area contributed by atoms with Gasteiger partial charge in [-0.3, -0.25) is 0 Å². The molecule has 2 aromatic carbocycles. The van der Waals surface area contributed by atoms with Crippen LogP contribution in [0.15, 0.2) is 54.6 Å². The third-order valence-corrected chi connectivity index (χ3v) is 3.78. The molecular weight excluding hydrogens is 332 g/mol. The zero-order valence-corrected chi connectivity index (χ0v) is 15.4. The molecule has 0 unspecified atom stereocenters. The summed E-state index contributed by atoms with van der Waals surface area (Å²) in [6.45, 7) is 3.90. The molecule has 0 heterocycles. The zero-order valence-electron chi connectivity index (χ0n) is 15.4. The van der Waals surface area contributed by atoms with Gasteiger partial charge in [0, 0.05) is 13.0 Å². The van der Waals surface area contributed by atoms with Gasteiger partial charge in [-0.2, -0.15) is 0 Å². The Labute approximate surface area is 154 Å². The molecule has 1 atom stereocenters. The quantitative estimate of drug-likeness (QED) is 0.455. The second-order valence-corrected chi connectivity index (χ2v) is 5.70. The van der Waals surface area contributed by atoms with Crippen LogP contribution < -0.4 is 4.74 Å². The van der Waals surface area contributed by atoms with E-state index in [1.54, 1.807) is 0 Å². The van der Waals surface area contributed by atoms with E-state index in [0.717, 1.165) is 16.9 Å². The van der Waals surface area contributed by atoms with Crippen molar-refractivity contribution in [2.45, 2.75) is 26.1 Å². The molecule has 140 valence electrons. The molecule has 0 aliphatic carbocycles. The lowest BCUT2D eigenvalue weighted by Gasteiger charge is -2.15. The van der Waals surface area contributed by atoms with Gasteiger partial charge in [-0.05, 0) is 30.2 Å². The first kappa shape index (κ1) is 19.9. The number of carbonyl (C=O) groups excluding carboxylic acids is 1. The third-order valence-electron chi connectivity index (χ3n) is 3.78. The molecule has 0 aromatic heterocycles. The van der Waals surface area contributed by atoms with Crippen LogP contribution in [0, 0.1) is 0 Å². The number of benzene rings is 2. The lowest BCUT2D eigenvalue weighted by atomic mass is 10.1. The monoisotopic (exact) mass is 358 g/mol. The number of esters is 1. The second-order valence-electron chi connectivity index (χ2n) is 5.70. The Morgan fingerprint density at radius 2 is 1.69 bits per heavy atom. The van der Waals surface area contributed by atoms with Crippen LogP contribution in [0.3, 0.4) is 0 Å². The highest BCUT2D eigenvalue weighted by Gasteiger charge is 2.19. The van der Waals surface area contributed by atoms with Crippen LogP contribution in [-0.2, 0) is 32.0 Å². The molecule has 0 fully saturated rings. The van der Waals surface area contributed by atoms with Crippen molar-refractivity contribution in [3.05, 3.63) is 65.7 Å². The van der Waals surface area contributed by atoms with Crippen molar-refractivity contribution in [3.63, 3.8) is 0 Å². The summed E-state index contributed by atoms with van der Waals surface area (Å²) in [5, 5.41) is 0. The first-order valence-corrected chi connectivity index (χ1v) is 8.75. The van der Waals surface area contributed by atoms with Gasteiger partial charge in [0.2, 0.25) is 0 Å². The Morgan fingerprint density at radius 3 is 2.35 bits per heavy atom. The lowest BCUT2D eigenvalue weighted by Crippen LogP contribution is -2.28. The van der Waals surface area contributed by atoms with Crippen LogP contribution in [0.2, 0.25) is 0 Å². The summed E-state index contributed by atoms with van der Waals surface area (Å²) in [6.07, 6.45) is -0.107. The minimum Gasteiger partial charge on any atom is -0.491 e. The maximum atomic E-state index is 11.7. The van der Waals surface area contributed by atoms with E-state index >= 15 is 0 Å². The fourth-order valence-electron chi connectivity index (χ4n) is 2.46.